The van der Waals surface area contributed by atoms with Crippen LogP contribution in [0.2, 0.25) is 0 Å². The quantitative estimate of drug-likeness (QED) is 0.852. The van der Waals surface area contributed by atoms with Crippen molar-refractivity contribution in [3.63, 3.8) is 0 Å². The van der Waals surface area contributed by atoms with Crippen LogP contribution < -0.4 is 0 Å². The molecule has 124 valence electrons. The van der Waals surface area contributed by atoms with Crippen molar-refractivity contribution in [2.45, 2.75) is 39.0 Å². The number of fused-ring (bicyclic) bond motifs is 1. The molecule has 3 heterocycles. The second-order valence-electron chi connectivity index (χ2n) is 6.67. The average Bonchev–Trinajstić information content (AvgIpc) is 3.00. The molecule has 2 aromatic rings. The first-order valence-electron chi connectivity index (χ1n) is 8.63. The van der Waals surface area contributed by atoms with Gasteiger partial charge in [0.1, 0.15) is 11.6 Å². The summed E-state index contributed by atoms with van der Waals surface area (Å²) in [6.07, 6.45) is 0.950. The highest BCUT2D eigenvalue weighted by molar-refractivity contribution is 5.32. The van der Waals surface area contributed by atoms with Crippen LogP contribution >= 0.6 is 0 Å². The molecule has 6 nitrogen and oxygen atoms in total. The number of aryl methyl sites for hydroxylation is 1. The molecule has 1 aromatic heterocycles. The SMILES string of the molecule is CCc1nnc2n1CCN(C1CN(Cc3cccc(C#N)c3)C1)C2. The van der Waals surface area contributed by atoms with Gasteiger partial charge in [0.2, 0.25) is 0 Å². The van der Waals surface area contributed by atoms with Gasteiger partial charge in [-0.05, 0) is 17.7 Å². The molecule has 4 rings (SSSR count). The van der Waals surface area contributed by atoms with Crippen LogP contribution in [-0.4, -0.2) is 50.2 Å². The molecule has 0 spiro atoms. The molecule has 0 bridgehead atoms. The van der Waals surface area contributed by atoms with Gasteiger partial charge >= 0.3 is 0 Å². The van der Waals surface area contributed by atoms with Crippen LogP contribution in [0.5, 0.6) is 0 Å². The molecule has 0 amide bonds. The first-order valence-corrected chi connectivity index (χ1v) is 8.63. The Bertz CT molecular complexity index is 768. The van der Waals surface area contributed by atoms with Crippen molar-refractivity contribution < 1.29 is 0 Å². The Hall–Kier alpha value is -2.23. The van der Waals surface area contributed by atoms with Crippen LogP contribution in [0.3, 0.4) is 0 Å². The van der Waals surface area contributed by atoms with E-state index in [9.17, 15) is 0 Å². The van der Waals surface area contributed by atoms with Gasteiger partial charge in [0, 0.05) is 45.2 Å². The molecule has 0 unspecified atom stereocenters. The predicted octanol–water partition coefficient (Wildman–Crippen LogP) is 1.41. The van der Waals surface area contributed by atoms with Crippen molar-refractivity contribution in [2.75, 3.05) is 19.6 Å². The van der Waals surface area contributed by atoms with Crippen LogP contribution in [0.4, 0.5) is 0 Å². The Labute approximate surface area is 142 Å². The van der Waals surface area contributed by atoms with Gasteiger partial charge in [0.05, 0.1) is 18.2 Å². The zero-order valence-corrected chi connectivity index (χ0v) is 14.0. The van der Waals surface area contributed by atoms with E-state index in [4.69, 9.17) is 5.26 Å². The minimum atomic E-state index is 0.611. The Morgan fingerprint density at radius 3 is 2.92 bits per heavy atom. The number of rotatable bonds is 4. The van der Waals surface area contributed by atoms with Gasteiger partial charge < -0.3 is 4.57 Å². The molecule has 2 aliphatic rings. The Morgan fingerprint density at radius 1 is 1.25 bits per heavy atom. The van der Waals surface area contributed by atoms with Crippen molar-refractivity contribution in [1.82, 2.24) is 24.6 Å². The average molecular weight is 322 g/mol. The zero-order chi connectivity index (χ0) is 16.5. The minimum absolute atomic E-state index is 0.611. The lowest BCUT2D eigenvalue weighted by Crippen LogP contribution is -2.60. The first-order chi connectivity index (χ1) is 11.8. The summed E-state index contributed by atoms with van der Waals surface area (Å²) < 4.78 is 2.28. The Morgan fingerprint density at radius 2 is 2.12 bits per heavy atom. The first kappa shape index (κ1) is 15.3. The van der Waals surface area contributed by atoms with E-state index in [1.807, 2.05) is 18.2 Å². The summed E-state index contributed by atoms with van der Waals surface area (Å²) in [5, 5.41) is 17.6. The molecule has 0 aliphatic carbocycles. The van der Waals surface area contributed by atoms with Gasteiger partial charge in [-0.3, -0.25) is 9.80 Å². The minimum Gasteiger partial charge on any atom is -0.313 e. The van der Waals surface area contributed by atoms with E-state index in [-0.39, 0.29) is 0 Å². The van der Waals surface area contributed by atoms with Crippen molar-refractivity contribution in [1.29, 1.82) is 5.26 Å². The number of benzene rings is 1. The molecule has 1 saturated heterocycles. The Kier molecular flexibility index (Phi) is 4.05. The van der Waals surface area contributed by atoms with E-state index in [1.165, 1.54) is 5.56 Å². The van der Waals surface area contributed by atoms with E-state index < -0.39 is 0 Å². The molecule has 6 heteroatoms. The van der Waals surface area contributed by atoms with E-state index in [0.717, 1.165) is 62.9 Å². The van der Waals surface area contributed by atoms with Gasteiger partial charge in [-0.1, -0.05) is 19.1 Å². The molecule has 0 radical (unpaired) electrons. The Balaban J connectivity index is 1.32. The molecule has 2 aliphatic heterocycles. The summed E-state index contributed by atoms with van der Waals surface area (Å²) in [6, 6.07) is 10.7. The van der Waals surface area contributed by atoms with E-state index >= 15 is 0 Å². The standard InChI is InChI=1S/C18H22N6/c1-2-17-20-21-18-13-23(6-7-24(17)18)16-11-22(12-16)10-15-5-3-4-14(8-15)9-19/h3-5,8,16H,2,6-7,10-13H2,1H3. The maximum absolute atomic E-state index is 9.00. The van der Waals surface area contributed by atoms with E-state index in [2.05, 4.69) is 43.6 Å². The highest BCUT2D eigenvalue weighted by Gasteiger charge is 2.34. The lowest BCUT2D eigenvalue weighted by atomic mass is 10.0. The van der Waals surface area contributed by atoms with Crippen LogP contribution in [0.25, 0.3) is 0 Å². The topological polar surface area (TPSA) is 61.0 Å². The maximum Gasteiger partial charge on any atom is 0.147 e. The maximum atomic E-state index is 9.00. The summed E-state index contributed by atoms with van der Waals surface area (Å²) in [7, 11) is 0. The lowest BCUT2D eigenvalue weighted by Gasteiger charge is -2.46. The normalized spacial score (nSPS) is 18.8. The summed E-state index contributed by atoms with van der Waals surface area (Å²) in [5.41, 5.74) is 1.96. The van der Waals surface area contributed by atoms with Crippen molar-refractivity contribution >= 4 is 0 Å². The monoisotopic (exact) mass is 322 g/mol. The van der Waals surface area contributed by atoms with Crippen molar-refractivity contribution in [3.8, 4) is 6.07 Å². The van der Waals surface area contributed by atoms with Crippen LogP contribution in [0.15, 0.2) is 24.3 Å². The van der Waals surface area contributed by atoms with Crippen molar-refractivity contribution in [2.24, 2.45) is 0 Å². The van der Waals surface area contributed by atoms with E-state index in [0.29, 0.717) is 6.04 Å². The fourth-order valence-electron chi connectivity index (χ4n) is 3.71. The van der Waals surface area contributed by atoms with Crippen LogP contribution in [0.1, 0.15) is 29.7 Å². The van der Waals surface area contributed by atoms with Gasteiger partial charge in [0.15, 0.2) is 0 Å². The highest BCUT2D eigenvalue weighted by Crippen LogP contribution is 2.22. The molecule has 1 aromatic carbocycles. The van der Waals surface area contributed by atoms with Crippen LogP contribution in [-0.2, 0) is 26.1 Å². The predicted molar refractivity (Wildman–Crippen MR) is 90.0 cm³/mol. The number of hydrogen-bond acceptors (Lipinski definition) is 5. The summed E-state index contributed by atoms with van der Waals surface area (Å²) in [4.78, 5) is 4.98. The molecule has 24 heavy (non-hydrogen) atoms. The fraction of sp³-hybridized carbons (Fsp3) is 0.500. The smallest absolute Gasteiger partial charge is 0.147 e. The van der Waals surface area contributed by atoms with Crippen molar-refractivity contribution in [3.05, 3.63) is 47.0 Å². The largest absolute Gasteiger partial charge is 0.313 e. The molecule has 0 N–H and O–H groups in total. The van der Waals surface area contributed by atoms with Gasteiger partial charge in [0.25, 0.3) is 0 Å². The van der Waals surface area contributed by atoms with Gasteiger partial charge in [-0.2, -0.15) is 5.26 Å². The zero-order valence-electron chi connectivity index (χ0n) is 14.0. The number of likely N-dealkylation sites (tertiary alicyclic amines) is 1. The van der Waals surface area contributed by atoms with E-state index in [1.54, 1.807) is 0 Å². The third-order valence-corrected chi connectivity index (χ3v) is 5.09. The third kappa shape index (κ3) is 2.81. The number of hydrogen-bond donors (Lipinski definition) is 0. The number of aromatic nitrogens is 3. The second-order valence-corrected chi connectivity index (χ2v) is 6.67. The summed E-state index contributed by atoms with van der Waals surface area (Å²) >= 11 is 0. The molecular weight excluding hydrogens is 300 g/mol. The highest BCUT2D eigenvalue weighted by atomic mass is 15.4. The summed E-state index contributed by atoms with van der Waals surface area (Å²) in [5.74, 6) is 2.22. The summed E-state index contributed by atoms with van der Waals surface area (Å²) in [6.45, 7) is 8.24. The molecule has 0 saturated carbocycles. The fourth-order valence-corrected chi connectivity index (χ4v) is 3.71. The third-order valence-electron chi connectivity index (χ3n) is 5.09. The van der Waals surface area contributed by atoms with Crippen LogP contribution in [0, 0.1) is 11.3 Å². The lowest BCUT2D eigenvalue weighted by molar-refractivity contribution is 0.0128. The number of nitriles is 1. The van der Waals surface area contributed by atoms with Gasteiger partial charge in [-0.15, -0.1) is 10.2 Å². The molecular formula is C18H22N6. The number of nitrogens with zero attached hydrogens (tertiary/aromatic N) is 6. The van der Waals surface area contributed by atoms with Gasteiger partial charge in [-0.25, -0.2) is 0 Å². The molecule has 0 atom stereocenters. The molecule has 1 fully saturated rings. The second kappa shape index (κ2) is 6.34.